The van der Waals surface area contributed by atoms with Crippen LogP contribution in [0.3, 0.4) is 0 Å². The van der Waals surface area contributed by atoms with E-state index in [0.29, 0.717) is 12.5 Å². The molecule has 3 atom stereocenters. The number of rotatable bonds is 9. The third-order valence-corrected chi connectivity index (χ3v) is 4.74. The van der Waals surface area contributed by atoms with Gasteiger partial charge in [0, 0.05) is 30.1 Å². The van der Waals surface area contributed by atoms with E-state index in [-0.39, 0.29) is 41.9 Å². The van der Waals surface area contributed by atoms with E-state index in [0.717, 1.165) is 22.9 Å². The van der Waals surface area contributed by atoms with Crippen molar-refractivity contribution in [2.45, 2.75) is 44.9 Å². The molecule has 1 aliphatic rings. The van der Waals surface area contributed by atoms with Crippen molar-refractivity contribution in [2.24, 2.45) is 5.92 Å². The fourth-order valence-electron chi connectivity index (χ4n) is 3.08. The molecule has 3 rings (SSSR count). The van der Waals surface area contributed by atoms with Crippen molar-refractivity contribution in [2.75, 3.05) is 6.54 Å². The standard InChI is InChI=1S/C20H25N3O5.Na/c1-11(2)7-8-21-18(24)15(23-19(25)16-17(28-16)20(26)27)9-12-10-22-14-6-4-3-5-13(12)14;/h3-6,10-11,15-17,22H,7-9H2,1-2H3,(H,21,24)(H,23,25)(H,26,27);/q;+1/p-1/t15-,16-,17-;/m0./s1. The second-order valence-electron chi connectivity index (χ2n) is 7.39. The first kappa shape index (κ1) is 23.4. The number of amides is 2. The van der Waals surface area contributed by atoms with Crippen LogP contribution in [0, 0.1) is 5.92 Å². The number of hydrogen-bond acceptors (Lipinski definition) is 5. The number of hydrogen-bond donors (Lipinski definition) is 3. The van der Waals surface area contributed by atoms with Crippen molar-refractivity contribution < 1.29 is 53.8 Å². The maximum atomic E-state index is 12.7. The van der Waals surface area contributed by atoms with Gasteiger partial charge >= 0.3 is 29.6 Å². The number of epoxide rings is 1. The maximum Gasteiger partial charge on any atom is 1.00 e. The SMILES string of the molecule is CC(C)CCNC(=O)[C@H](Cc1c[nH]c2ccccc12)NC(=O)[C@H]1O[C@@H]1C(=O)[O-].[Na+]. The van der Waals surface area contributed by atoms with Crippen molar-refractivity contribution in [3.8, 4) is 0 Å². The summed E-state index contributed by atoms with van der Waals surface area (Å²) in [7, 11) is 0. The molecule has 0 aliphatic carbocycles. The number of fused-ring (bicyclic) bond motifs is 1. The molecule has 150 valence electrons. The minimum Gasteiger partial charge on any atom is -0.547 e. The van der Waals surface area contributed by atoms with E-state index >= 15 is 0 Å². The number of carboxylic acids is 1. The average molecular weight is 409 g/mol. The Labute approximate surface area is 191 Å². The van der Waals surface area contributed by atoms with Crippen LogP contribution in [0.25, 0.3) is 10.9 Å². The molecular weight excluding hydrogens is 385 g/mol. The number of carbonyl (C=O) groups is 3. The summed E-state index contributed by atoms with van der Waals surface area (Å²) < 4.78 is 4.83. The van der Waals surface area contributed by atoms with Crippen LogP contribution >= 0.6 is 0 Å². The molecule has 0 spiro atoms. The van der Waals surface area contributed by atoms with E-state index < -0.39 is 30.1 Å². The average Bonchev–Trinajstić information content (AvgIpc) is 3.37. The summed E-state index contributed by atoms with van der Waals surface area (Å²) in [5, 5.41) is 17.2. The molecule has 9 heteroatoms. The van der Waals surface area contributed by atoms with Gasteiger partial charge in [-0.1, -0.05) is 32.0 Å². The number of nitrogens with one attached hydrogen (secondary N) is 3. The fourth-order valence-corrected chi connectivity index (χ4v) is 3.08. The van der Waals surface area contributed by atoms with Crippen molar-refractivity contribution >= 4 is 28.7 Å². The Hall–Kier alpha value is -1.87. The molecular formula is C20H24N3NaO5. The summed E-state index contributed by atoms with van der Waals surface area (Å²) in [4.78, 5) is 38.9. The van der Waals surface area contributed by atoms with Gasteiger partial charge in [0.2, 0.25) is 5.91 Å². The summed E-state index contributed by atoms with van der Waals surface area (Å²) in [5.74, 6) is -1.94. The molecule has 1 aromatic heterocycles. The Bertz CT molecular complexity index is 882. The molecule has 0 radical (unpaired) electrons. The number of carboxylic acid groups (broad SMARTS) is 1. The van der Waals surface area contributed by atoms with Gasteiger partial charge in [-0.2, -0.15) is 0 Å². The first-order chi connectivity index (χ1) is 13.4. The number of para-hydroxylation sites is 1. The topological polar surface area (TPSA) is 127 Å². The minimum absolute atomic E-state index is 0. The van der Waals surface area contributed by atoms with Crippen LogP contribution in [-0.2, 0) is 25.5 Å². The van der Waals surface area contributed by atoms with Gasteiger partial charge in [-0.15, -0.1) is 0 Å². The molecule has 0 unspecified atom stereocenters. The summed E-state index contributed by atoms with van der Waals surface area (Å²) in [6.07, 6.45) is 0.531. The van der Waals surface area contributed by atoms with Gasteiger partial charge < -0.3 is 30.3 Å². The number of benzene rings is 1. The number of carbonyl (C=O) groups excluding carboxylic acids is 3. The Kier molecular flexibility index (Phi) is 8.27. The molecule has 1 fully saturated rings. The van der Waals surface area contributed by atoms with Crippen molar-refractivity contribution in [3.63, 3.8) is 0 Å². The summed E-state index contributed by atoms with van der Waals surface area (Å²) >= 11 is 0. The molecule has 0 saturated carbocycles. The summed E-state index contributed by atoms with van der Waals surface area (Å²) in [5.41, 5.74) is 1.82. The van der Waals surface area contributed by atoms with E-state index in [9.17, 15) is 19.5 Å². The number of aromatic amines is 1. The molecule has 1 aliphatic heterocycles. The predicted octanol–water partition coefficient (Wildman–Crippen LogP) is -3.12. The Morgan fingerprint density at radius 1 is 1.21 bits per heavy atom. The monoisotopic (exact) mass is 409 g/mol. The molecule has 1 saturated heterocycles. The van der Waals surface area contributed by atoms with Crippen molar-refractivity contribution in [3.05, 3.63) is 36.0 Å². The van der Waals surface area contributed by atoms with Gasteiger partial charge in [0.15, 0.2) is 6.10 Å². The molecule has 2 heterocycles. The zero-order valence-electron chi connectivity index (χ0n) is 16.9. The maximum absolute atomic E-state index is 12.7. The van der Waals surface area contributed by atoms with Crippen LogP contribution < -0.4 is 45.3 Å². The Balaban J connectivity index is 0.00000300. The van der Waals surface area contributed by atoms with E-state index in [1.165, 1.54) is 0 Å². The largest absolute Gasteiger partial charge is 1.00 e. The van der Waals surface area contributed by atoms with Crippen LogP contribution in [-0.4, -0.2) is 47.6 Å². The van der Waals surface area contributed by atoms with E-state index in [2.05, 4.69) is 29.5 Å². The third-order valence-electron chi connectivity index (χ3n) is 4.74. The minimum atomic E-state index is -1.44. The van der Waals surface area contributed by atoms with Gasteiger partial charge in [0.25, 0.3) is 5.91 Å². The normalized spacial score (nSPS) is 18.7. The van der Waals surface area contributed by atoms with E-state index in [1.54, 1.807) is 0 Å². The zero-order chi connectivity index (χ0) is 20.3. The Morgan fingerprint density at radius 3 is 2.59 bits per heavy atom. The molecule has 3 N–H and O–H groups in total. The summed E-state index contributed by atoms with van der Waals surface area (Å²) in [6, 6.07) is 6.83. The van der Waals surface area contributed by atoms with Gasteiger partial charge in [0.05, 0.1) is 5.97 Å². The summed E-state index contributed by atoms with van der Waals surface area (Å²) in [6.45, 7) is 4.61. The second-order valence-corrected chi connectivity index (χ2v) is 7.39. The smallest absolute Gasteiger partial charge is 0.547 e. The van der Waals surface area contributed by atoms with Crippen LogP contribution in [0.5, 0.6) is 0 Å². The van der Waals surface area contributed by atoms with Gasteiger partial charge in [-0.05, 0) is 24.0 Å². The quantitative estimate of drug-likeness (QED) is 0.298. The number of ether oxygens (including phenoxy) is 1. The fraction of sp³-hybridized carbons (Fsp3) is 0.450. The van der Waals surface area contributed by atoms with Crippen LogP contribution in [0.2, 0.25) is 0 Å². The Morgan fingerprint density at radius 2 is 1.93 bits per heavy atom. The molecule has 0 bridgehead atoms. The van der Waals surface area contributed by atoms with E-state index in [4.69, 9.17) is 4.74 Å². The molecule has 8 nitrogen and oxygen atoms in total. The number of aromatic nitrogens is 1. The van der Waals surface area contributed by atoms with Crippen LogP contribution in [0.4, 0.5) is 0 Å². The van der Waals surface area contributed by atoms with Gasteiger partial charge in [-0.25, -0.2) is 0 Å². The first-order valence-electron chi connectivity index (χ1n) is 9.36. The molecule has 29 heavy (non-hydrogen) atoms. The van der Waals surface area contributed by atoms with E-state index in [1.807, 2.05) is 30.5 Å². The third kappa shape index (κ3) is 6.05. The van der Waals surface area contributed by atoms with Crippen LogP contribution in [0.1, 0.15) is 25.8 Å². The van der Waals surface area contributed by atoms with Crippen LogP contribution in [0.15, 0.2) is 30.5 Å². The van der Waals surface area contributed by atoms with Crippen molar-refractivity contribution in [1.82, 2.24) is 15.6 Å². The number of H-pyrrole nitrogens is 1. The van der Waals surface area contributed by atoms with Crippen molar-refractivity contribution in [1.29, 1.82) is 0 Å². The molecule has 1 aromatic carbocycles. The number of aliphatic carboxylic acids is 1. The zero-order valence-corrected chi connectivity index (χ0v) is 18.9. The van der Waals surface area contributed by atoms with Gasteiger partial charge in [-0.3, -0.25) is 9.59 Å². The molecule has 2 amide bonds. The first-order valence-corrected chi connectivity index (χ1v) is 9.36. The predicted molar refractivity (Wildman–Crippen MR) is 100 cm³/mol. The molecule has 2 aromatic rings. The van der Waals surface area contributed by atoms with Gasteiger partial charge in [0.1, 0.15) is 12.1 Å². The second kappa shape index (κ2) is 10.2.